The molecule has 18 heavy (non-hydrogen) atoms. The van der Waals surface area contributed by atoms with Crippen molar-refractivity contribution in [3.05, 3.63) is 0 Å². The Hall–Kier alpha value is -1.08. The summed E-state index contributed by atoms with van der Waals surface area (Å²) in [5, 5.41) is 9.50. The number of likely N-dealkylation sites (N-methyl/N-ethyl adjacent to an activating group) is 1. The second-order valence-corrected chi connectivity index (χ2v) is 5.54. The molecular weight excluding hydrogens is 228 g/mol. The lowest BCUT2D eigenvalue weighted by molar-refractivity contribution is -0.140. The van der Waals surface area contributed by atoms with Gasteiger partial charge < -0.3 is 9.64 Å². The summed E-state index contributed by atoms with van der Waals surface area (Å²) in [6, 6.07) is 2.49. The van der Waals surface area contributed by atoms with E-state index in [2.05, 4.69) is 6.07 Å². The van der Waals surface area contributed by atoms with E-state index in [9.17, 15) is 10.1 Å². The molecule has 4 heteroatoms. The largest absolute Gasteiger partial charge is 0.379 e. The molecule has 0 bridgehead atoms. The zero-order valence-corrected chi connectivity index (χ0v) is 11.2. The van der Waals surface area contributed by atoms with Crippen LogP contribution in [0.5, 0.6) is 0 Å². The van der Waals surface area contributed by atoms with E-state index in [0.717, 1.165) is 51.6 Å². The Kier molecular flexibility index (Phi) is 4.23. The Morgan fingerprint density at radius 1 is 1.33 bits per heavy atom. The molecule has 1 saturated heterocycles. The van der Waals surface area contributed by atoms with Gasteiger partial charge in [0.05, 0.1) is 18.7 Å². The first kappa shape index (κ1) is 13.4. The van der Waals surface area contributed by atoms with Crippen molar-refractivity contribution in [2.45, 2.75) is 51.0 Å². The summed E-state index contributed by atoms with van der Waals surface area (Å²) < 4.78 is 5.33. The van der Waals surface area contributed by atoms with Crippen molar-refractivity contribution in [1.29, 1.82) is 5.26 Å². The molecule has 1 aliphatic heterocycles. The number of carbonyl (C=O) groups excluding carboxylic acids is 1. The van der Waals surface area contributed by atoms with Crippen LogP contribution in [-0.2, 0) is 9.53 Å². The zero-order valence-electron chi connectivity index (χ0n) is 11.2. The monoisotopic (exact) mass is 250 g/mol. The molecule has 1 saturated carbocycles. The van der Waals surface area contributed by atoms with Gasteiger partial charge in [-0.05, 0) is 19.3 Å². The smallest absolute Gasteiger partial charge is 0.243 e. The minimum Gasteiger partial charge on any atom is -0.379 e. The molecule has 1 unspecified atom stereocenters. The Bertz CT molecular complexity index is 334. The summed E-state index contributed by atoms with van der Waals surface area (Å²) in [5.41, 5.74) is -0.770. The number of carbonyl (C=O) groups is 1. The highest BCUT2D eigenvalue weighted by molar-refractivity contribution is 5.85. The lowest BCUT2D eigenvalue weighted by Gasteiger charge is -2.32. The van der Waals surface area contributed by atoms with E-state index in [1.807, 2.05) is 7.05 Å². The molecule has 100 valence electrons. The Morgan fingerprint density at radius 2 is 2.00 bits per heavy atom. The van der Waals surface area contributed by atoms with Crippen molar-refractivity contribution in [3.8, 4) is 6.07 Å². The normalized spacial score (nSPS) is 27.2. The van der Waals surface area contributed by atoms with Crippen LogP contribution in [0.25, 0.3) is 0 Å². The fourth-order valence-electron chi connectivity index (χ4n) is 3.04. The molecule has 1 aliphatic carbocycles. The van der Waals surface area contributed by atoms with Crippen molar-refractivity contribution in [2.24, 2.45) is 5.41 Å². The summed E-state index contributed by atoms with van der Waals surface area (Å²) in [7, 11) is 1.83. The van der Waals surface area contributed by atoms with Crippen LogP contribution in [0.1, 0.15) is 44.9 Å². The predicted octanol–water partition coefficient (Wildman–Crippen LogP) is 2.10. The molecule has 0 N–H and O–H groups in total. The second kappa shape index (κ2) is 5.71. The molecule has 0 radical (unpaired) electrons. The van der Waals surface area contributed by atoms with E-state index in [4.69, 9.17) is 4.74 Å². The minimum absolute atomic E-state index is 0.0161. The fraction of sp³-hybridized carbons (Fsp3) is 0.857. The van der Waals surface area contributed by atoms with Crippen molar-refractivity contribution in [2.75, 3.05) is 20.3 Å². The molecule has 0 aromatic rings. The van der Waals surface area contributed by atoms with Crippen LogP contribution in [0.4, 0.5) is 0 Å². The molecule has 0 spiro atoms. The minimum atomic E-state index is -0.770. The molecule has 0 aromatic carbocycles. The fourth-order valence-corrected chi connectivity index (χ4v) is 3.04. The van der Waals surface area contributed by atoms with Gasteiger partial charge in [-0.2, -0.15) is 5.26 Å². The van der Waals surface area contributed by atoms with Gasteiger partial charge >= 0.3 is 0 Å². The van der Waals surface area contributed by atoms with Crippen LogP contribution in [0.15, 0.2) is 0 Å². The number of hydrogen-bond donors (Lipinski definition) is 0. The highest BCUT2D eigenvalue weighted by Gasteiger charge is 2.42. The third-order valence-corrected chi connectivity index (χ3v) is 4.35. The number of ether oxygens (including phenoxy) is 1. The van der Waals surface area contributed by atoms with Crippen LogP contribution in [0.3, 0.4) is 0 Å². The topological polar surface area (TPSA) is 53.3 Å². The summed E-state index contributed by atoms with van der Waals surface area (Å²) in [4.78, 5) is 14.4. The van der Waals surface area contributed by atoms with Crippen LogP contribution >= 0.6 is 0 Å². The maximum absolute atomic E-state index is 12.6. The SMILES string of the molecule is CN(C(=O)C1(C#N)CCCCCC1)C1CCOC1. The lowest BCUT2D eigenvalue weighted by Crippen LogP contribution is -2.46. The number of nitrogens with zero attached hydrogens (tertiary/aromatic N) is 2. The molecule has 2 fully saturated rings. The van der Waals surface area contributed by atoms with Crippen molar-refractivity contribution in [1.82, 2.24) is 4.90 Å². The Balaban J connectivity index is 2.10. The van der Waals surface area contributed by atoms with Gasteiger partial charge in [0.25, 0.3) is 0 Å². The van der Waals surface area contributed by atoms with Crippen molar-refractivity contribution < 1.29 is 9.53 Å². The maximum Gasteiger partial charge on any atom is 0.243 e. The first-order chi connectivity index (χ1) is 8.69. The molecule has 1 amide bonds. The highest BCUT2D eigenvalue weighted by atomic mass is 16.5. The van der Waals surface area contributed by atoms with E-state index in [1.165, 1.54) is 0 Å². The van der Waals surface area contributed by atoms with E-state index in [0.29, 0.717) is 6.61 Å². The van der Waals surface area contributed by atoms with Gasteiger partial charge in [-0.1, -0.05) is 25.7 Å². The van der Waals surface area contributed by atoms with E-state index >= 15 is 0 Å². The maximum atomic E-state index is 12.6. The lowest BCUT2D eigenvalue weighted by atomic mass is 9.80. The summed E-state index contributed by atoms with van der Waals surface area (Å²) in [5.74, 6) is 0.0161. The van der Waals surface area contributed by atoms with E-state index < -0.39 is 5.41 Å². The molecular formula is C14H22N2O2. The third kappa shape index (κ3) is 2.51. The third-order valence-electron chi connectivity index (χ3n) is 4.35. The molecule has 1 atom stereocenters. The molecule has 4 nitrogen and oxygen atoms in total. The standard InChI is InChI=1S/C14H22N2O2/c1-16(12-6-9-18-10-12)13(17)14(11-15)7-4-2-3-5-8-14/h12H,2-10H2,1H3. The number of amides is 1. The highest BCUT2D eigenvalue weighted by Crippen LogP contribution is 2.36. The average molecular weight is 250 g/mol. The molecule has 0 aromatic heterocycles. The first-order valence-corrected chi connectivity index (χ1v) is 6.96. The van der Waals surface area contributed by atoms with Gasteiger partial charge in [0.2, 0.25) is 5.91 Å². The Morgan fingerprint density at radius 3 is 2.50 bits per heavy atom. The Labute approximate surface area is 109 Å². The van der Waals surface area contributed by atoms with Crippen molar-refractivity contribution in [3.63, 3.8) is 0 Å². The molecule has 1 heterocycles. The van der Waals surface area contributed by atoms with Gasteiger partial charge in [0.1, 0.15) is 5.41 Å². The van der Waals surface area contributed by atoms with E-state index in [1.54, 1.807) is 4.90 Å². The summed E-state index contributed by atoms with van der Waals surface area (Å²) in [6.45, 7) is 1.34. The van der Waals surface area contributed by atoms with Gasteiger partial charge in [-0.15, -0.1) is 0 Å². The van der Waals surface area contributed by atoms with E-state index in [-0.39, 0.29) is 11.9 Å². The van der Waals surface area contributed by atoms with Gasteiger partial charge in [-0.25, -0.2) is 0 Å². The van der Waals surface area contributed by atoms with Gasteiger partial charge in [0.15, 0.2) is 0 Å². The van der Waals surface area contributed by atoms with Crippen LogP contribution in [-0.4, -0.2) is 37.1 Å². The first-order valence-electron chi connectivity index (χ1n) is 6.96. The molecule has 2 aliphatic rings. The summed E-state index contributed by atoms with van der Waals surface area (Å²) >= 11 is 0. The molecule has 2 rings (SSSR count). The van der Waals surface area contributed by atoms with Gasteiger partial charge in [-0.3, -0.25) is 4.79 Å². The predicted molar refractivity (Wildman–Crippen MR) is 67.7 cm³/mol. The quantitative estimate of drug-likeness (QED) is 0.705. The number of nitriles is 1. The van der Waals surface area contributed by atoms with Crippen LogP contribution in [0.2, 0.25) is 0 Å². The second-order valence-electron chi connectivity index (χ2n) is 5.54. The van der Waals surface area contributed by atoms with Gasteiger partial charge in [0, 0.05) is 13.7 Å². The number of rotatable bonds is 2. The van der Waals surface area contributed by atoms with Crippen molar-refractivity contribution >= 4 is 5.91 Å². The van der Waals surface area contributed by atoms with Crippen LogP contribution in [0, 0.1) is 16.7 Å². The zero-order chi connectivity index (χ0) is 13.0. The average Bonchev–Trinajstić information content (AvgIpc) is 2.82. The number of hydrogen-bond acceptors (Lipinski definition) is 3. The van der Waals surface area contributed by atoms with Crippen LogP contribution < -0.4 is 0 Å². The summed E-state index contributed by atoms with van der Waals surface area (Å²) in [6.07, 6.45) is 6.62.